The van der Waals surface area contributed by atoms with Crippen LogP contribution < -0.4 is 0 Å². The maximum absolute atomic E-state index is 11.8. The van der Waals surface area contributed by atoms with Crippen LogP contribution in [0.2, 0.25) is 0 Å². The first-order valence-electron chi connectivity index (χ1n) is 8.32. The van der Waals surface area contributed by atoms with Crippen molar-refractivity contribution in [3.05, 3.63) is 0 Å². The molecule has 0 rings (SSSR count). The Hall–Kier alpha value is -0.0500. The van der Waals surface area contributed by atoms with Gasteiger partial charge in [-0.3, -0.25) is 0 Å². The molecule has 0 atom stereocenters. The third kappa shape index (κ3) is 14.2. The van der Waals surface area contributed by atoms with Gasteiger partial charge in [-0.1, -0.05) is 78.1 Å². The summed E-state index contributed by atoms with van der Waals surface area (Å²) in [6.07, 6.45) is 13.9. The van der Waals surface area contributed by atoms with E-state index in [2.05, 4.69) is 13.8 Å². The monoisotopic (exact) mass is 290 g/mol. The molecule has 19 heavy (non-hydrogen) atoms. The van der Waals surface area contributed by atoms with Crippen molar-refractivity contribution < 1.29 is 8.42 Å². The minimum absolute atomic E-state index is 0.409. The van der Waals surface area contributed by atoms with E-state index in [1.807, 2.05) is 0 Å². The van der Waals surface area contributed by atoms with Crippen LogP contribution in [-0.4, -0.2) is 19.9 Å². The van der Waals surface area contributed by atoms with Gasteiger partial charge in [0.1, 0.15) is 9.84 Å². The first kappa shape index (κ1) is 18.9. The Morgan fingerprint density at radius 2 is 0.842 bits per heavy atom. The summed E-state index contributed by atoms with van der Waals surface area (Å²) in [6, 6.07) is 0. The first-order valence-corrected chi connectivity index (χ1v) is 10.1. The highest BCUT2D eigenvalue weighted by Crippen LogP contribution is 2.10. The molecule has 0 aliphatic rings. The van der Waals surface area contributed by atoms with Crippen LogP contribution in [0.4, 0.5) is 0 Å². The van der Waals surface area contributed by atoms with Gasteiger partial charge in [0.05, 0.1) is 11.5 Å². The third-order valence-electron chi connectivity index (χ3n) is 3.62. The molecule has 0 fully saturated rings. The van der Waals surface area contributed by atoms with Crippen molar-refractivity contribution in [1.29, 1.82) is 0 Å². The largest absolute Gasteiger partial charge is 0.229 e. The lowest BCUT2D eigenvalue weighted by Crippen LogP contribution is -2.11. The van der Waals surface area contributed by atoms with Crippen LogP contribution in [0.1, 0.15) is 90.9 Å². The molecule has 0 aromatic rings. The SMILES string of the molecule is CCCCCCCCCS(=O)(=O)CCCCCCC. The summed E-state index contributed by atoms with van der Waals surface area (Å²) in [5.41, 5.74) is 0. The van der Waals surface area contributed by atoms with E-state index in [0.29, 0.717) is 11.5 Å². The fraction of sp³-hybridized carbons (Fsp3) is 1.00. The highest BCUT2D eigenvalue weighted by molar-refractivity contribution is 7.91. The van der Waals surface area contributed by atoms with Crippen LogP contribution >= 0.6 is 0 Å². The molecule has 0 amide bonds. The number of unbranched alkanes of at least 4 members (excludes halogenated alkanes) is 10. The zero-order valence-electron chi connectivity index (χ0n) is 13.1. The lowest BCUT2D eigenvalue weighted by Gasteiger charge is -2.04. The standard InChI is InChI=1S/C16H34O2S/c1-3-5-7-9-10-12-14-16-19(17,18)15-13-11-8-6-4-2/h3-16H2,1-2H3. The smallest absolute Gasteiger partial charge is 0.150 e. The molecule has 116 valence electrons. The molecule has 2 nitrogen and oxygen atoms in total. The van der Waals surface area contributed by atoms with E-state index >= 15 is 0 Å². The van der Waals surface area contributed by atoms with Gasteiger partial charge >= 0.3 is 0 Å². The van der Waals surface area contributed by atoms with Gasteiger partial charge in [0, 0.05) is 0 Å². The minimum atomic E-state index is -2.77. The Kier molecular flexibility index (Phi) is 12.9. The van der Waals surface area contributed by atoms with Crippen molar-refractivity contribution in [2.45, 2.75) is 90.9 Å². The zero-order chi connectivity index (χ0) is 14.4. The summed E-state index contributed by atoms with van der Waals surface area (Å²) in [5, 5.41) is 0. The fourth-order valence-electron chi connectivity index (χ4n) is 2.31. The Balaban J connectivity index is 3.41. The number of hydrogen-bond acceptors (Lipinski definition) is 2. The normalized spacial score (nSPS) is 11.9. The molecule has 0 aromatic carbocycles. The molecular formula is C16H34O2S. The van der Waals surface area contributed by atoms with Crippen LogP contribution in [-0.2, 0) is 9.84 Å². The van der Waals surface area contributed by atoms with Gasteiger partial charge in [-0.15, -0.1) is 0 Å². The van der Waals surface area contributed by atoms with E-state index in [1.165, 1.54) is 51.4 Å². The van der Waals surface area contributed by atoms with Crippen molar-refractivity contribution in [2.24, 2.45) is 0 Å². The van der Waals surface area contributed by atoms with Gasteiger partial charge in [-0.2, -0.15) is 0 Å². The molecule has 0 heterocycles. The molecule has 0 radical (unpaired) electrons. The quantitative estimate of drug-likeness (QED) is 0.416. The molecule has 0 unspecified atom stereocenters. The highest BCUT2D eigenvalue weighted by Gasteiger charge is 2.09. The Morgan fingerprint density at radius 3 is 1.21 bits per heavy atom. The Labute approximate surface area is 121 Å². The molecular weight excluding hydrogens is 256 g/mol. The summed E-state index contributed by atoms with van der Waals surface area (Å²) in [7, 11) is -2.77. The van der Waals surface area contributed by atoms with E-state index in [9.17, 15) is 8.42 Å². The molecule has 0 saturated carbocycles. The number of sulfone groups is 1. The maximum Gasteiger partial charge on any atom is 0.150 e. The van der Waals surface area contributed by atoms with Crippen LogP contribution in [0, 0.1) is 0 Å². The van der Waals surface area contributed by atoms with Crippen molar-refractivity contribution in [3.8, 4) is 0 Å². The molecule has 0 spiro atoms. The Bertz CT molecular complexity index is 270. The summed E-state index contributed by atoms with van der Waals surface area (Å²) < 4.78 is 23.6. The molecule has 0 aliphatic heterocycles. The molecule has 0 aromatic heterocycles. The van der Waals surface area contributed by atoms with Crippen molar-refractivity contribution >= 4 is 9.84 Å². The van der Waals surface area contributed by atoms with Gasteiger partial charge in [-0.05, 0) is 12.8 Å². The topological polar surface area (TPSA) is 34.1 Å². The third-order valence-corrected chi connectivity index (χ3v) is 5.44. The lowest BCUT2D eigenvalue weighted by atomic mass is 10.1. The Morgan fingerprint density at radius 1 is 0.526 bits per heavy atom. The average Bonchev–Trinajstić information content (AvgIpc) is 2.37. The first-order chi connectivity index (χ1) is 9.12. The van der Waals surface area contributed by atoms with Gasteiger partial charge in [0.25, 0.3) is 0 Å². The molecule has 0 N–H and O–H groups in total. The van der Waals surface area contributed by atoms with Crippen molar-refractivity contribution in [1.82, 2.24) is 0 Å². The van der Waals surface area contributed by atoms with E-state index in [4.69, 9.17) is 0 Å². The number of hydrogen-bond donors (Lipinski definition) is 0. The summed E-state index contributed by atoms with van der Waals surface area (Å²) in [4.78, 5) is 0. The second-order valence-electron chi connectivity index (χ2n) is 5.69. The molecule has 0 aliphatic carbocycles. The molecule has 0 saturated heterocycles. The predicted octanol–water partition coefficient (Wildman–Crippen LogP) is 5.12. The van der Waals surface area contributed by atoms with Crippen LogP contribution in [0.5, 0.6) is 0 Å². The van der Waals surface area contributed by atoms with Crippen LogP contribution in [0.25, 0.3) is 0 Å². The van der Waals surface area contributed by atoms with E-state index in [1.54, 1.807) is 0 Å². The maximum atomic E-state index is 11.8. The van der Waals surface area contributed by atoms with Gasteiger partial charge in [-0.25, -0.2) is 8.42 Å². The molecule has 3 heteroatoms. The van der Waals surface area contributed by atoms with E-state index in [0.717, 1.165) is 25.7 Å². The lowest BCUT2D eigenvalue weighted by molar-refractivity contribution is 0.573. The number of rotatable bonds is 14. The van der Waals surface area contributed by atoms with E-state index < -0.39 is 9.84 Å². The second kappa shape index (κ2) is 13.0. The van der Waals surface area contributed by atoms with Crippen molar-refractivity contribution in [3.63, 3.8) is 0 Å². The zero-order valence-corrected chi connectivity index (χ0v) is 13.9. The molecule has 0 bridgehead atoms. The second-order valence-corrected chi connectivity index (χ2v) is 7.99. The van der Waals surface area contributed by atoms with Crippen LogP contribution in [0.3, 0.4) is 0 Å². The van der Waals surface area contributed by atoms with Crippen LogP contribution in [0.15, 0.2) is 0 Å². The van der Waals surface area contributed by atoms with E-state index in [-0.39, 0.29) is 0 Å². The van der Waals surface area contributed by atoms with Gasteiger partial charge in [0.15, 0.2) is 0 Å². The fourth-order valence-corrected chi connectivity index (χ4v) is 3.80. The average molecular weight is 291 g/mol. The van der Waals surface area contributed by atoms with Gasteiger partial charge in [0.2, 0.25) is 0 Å². The summed E-state index contributed by atoms with van der Waals surface area (Å²) in [6.45, 7) is 4.39. The highest BCUT2D eigenvalue weighted by atomic mass is 32.2. The summed E-state index contributed by atoms with van der Waals surface area (Å²) >= 11 is 0. The van der Waals surface area contributed by atoms with Crippen molar-refractivity contribution in [2.75, 3.05) is 11.5 Å². The predicted molar refractivity (Wildman–Crippen MR) is 85.4 cm³/mol. The minimum Gasteiger partial charge on any atom is -0.229 e. The summed E-state index contributed by atoms with van der Waals surface area (Å²) in [5.74, 6) is 0.821. The van der Waals surface area contributed by atoms with Gasteiger partial charge < -0.3 is 0 Å².